The minimum atomic E-state index is -0.653. The van der Waals surface area contributed by atoms with Crippen LogP contribution in [-0.4, -0.2) is 22.8 Å². The molecule has 3 rings (SSSR count). The number of nitrogens with zero attached hydrogens (tertiary/aromatic N) is 2. The molecule has 0 aliphatic carbocycles. The summed E-state index contributed by atoms with van der Waals surface area (Å²) in [4.78, 5) is 25.4. The van der Waals surface area contributed by atoms with Crippen LogP contribution in [0.2, 0.25) is 10.0 Å². The number of hydrogen-bond donors (Lipinski definition) is 1. The summed E-state index contributed by atoms with van der Waals surface area (Å²) in [6.45, 7) is 2.35. The van der Waals surface area contributed by atoms with Crippen molar-refractivity contribution in [2.45, 2.75) is 13.5 Å². The van der Waals surface area contributed by atoms with Crippen LogP contribution in [0.15, 0.2) is 41.2 Å². The van der Waals surface area contributed by atoms with Gasteiger partial charge in [-0.05, 0) is 43.3 Å². The van der Waals surface area contributed by atoms with E-state index in [4.69, 9.17) is 27.9 Å². The average molecular weight is 392 g/mol. The van der Waals surface area contributed by atoms with Crippen LogP contribution in [0, 0.1) is 0 Å². The summed E-state index contributed by atoms with van der Waals surface area (Å²) in [5.41, 5.74) is 0.230. The van der Waals surface area contributed by atoms with E-state index in [1.807, 2.05) is 6.92 Å². The maximum Gasteiger partial charge on any atom is 0.280 e. The van der Waals surface area contributed by atoms with Gasteiger partial charge < -0.3 is 10.1 Å². The minimum Gasteiger partial charge on any atom is -0.495 e. The molecule has 0 bridgehead atoms. The van der Waals surface area contributed by atoms with E-state index in [1.165, 1.54) is 19.2 Å². The van der Waals surface area contributed by atoms with Crippen molar-refractivity contribution in [3.63, 3.8) is 0 Å². The van der Waals surface area contributed by atoms with Crippen molar-refractivity contribution in [2.75, 3.05) is 12.4 Å². The molecule has 0 radical (unpaired) electrons. The number of hydrogen-bond acceptors (Lipinski definition) is 4. The van der Waals surface area contributed by atoms with E-state index in [9.17, 15) is 9.59 Å². The predicted octanol–water partition coefficient (Wildman–Crippen LogP) is 3.98. The largest absolute Gasteiger partial charge is 0.495 e. The molecule has 0 spiro atoms. The summed E-state index contributed by atoms with van der Waals surface area (Å²) in [7, 11) is 1.47. The fraction of sp³-hybridized carbons (Fsp3) is 0.167. The molecule has 1 N–H and O–H groups in total. The number of amides is 1. The van der Waals surface area contributed by atoms with Crippen molar-refractivity contribution < 1.29 is 9.53 Å². The molecule has 1 heterocycles. The van der Waals surface area contributed by atoms with Crippen LogP contribution in [0.5, 0.6) is 5.75 Å². The van der Waals surface area contributed by atoms with Crippen LogP contribution in [0.3, 0.4) is 0 Å². The number of aryl methyl sites for hydroxylation is 1. The van der Waals surface area contributed by atoms with Crippen LogP contribution in [0.25, 0.3) is 10.9 Å². The van der Waals surface area contributed by atoms with Crippen molar-refractivity contribution in [3.8, 4) is 5.75 Å². The number of ether oxygens (including phenoxy) is 1. The third-order valence-corrected chi connectivity index (χ3v) is 4.31. The van der Waals surface area contributed by atoms with Crippen molar-refractivity contribution in [3.05, 3.63) is 62.4 Å². The number of methoxy groups -OCH3 is 1. The van der Waals surface area contributed by atoms with Crippen LogP contribution in [-0.2, 0) is 6.54 Å². The topological polar surface area (TPSA) is 73.2 Å². The number of benzene rings is 2. The van der Waals surface area contributed by atoms with Gasteiger partial charge in [-0.15, -0.1) is 0 Å². The van der Waals surface area contributed by atoms with Crippen molar-refractivity contribution in [1.82, 2.24) is 9.78 Å². The van der Waals surface area contributed by atoms with Gasteiger partial charge in [-0.2, -0.15) is 5.10 Å². The fourth-order valence-electron chi connectivity index (χ4n) is 2.61. The zero-order valence-electron chi connectivity index (χ0n) is 14.0. The van der Waals surface area contributed by atoms with E-state index in [1.54, 1.807) is 28.9 Å². The zero-order chi connectivity index (χ0) is 18.8. The van der Waals surface area contributed by atoms with Crippen LogP contribution in [0.4, 0.5) is 5.69 Å². The second-order valence-electron chi connectivity index (χ2n) is 5.45. The van der Waals surface area contributed by atoms with E-state index < -0.39 is 11.3 Å². The van der Waals surface area contributed by atoms with Gasteiger partial charge in [0.1, 0.15) is 5.75 Å². The molecule has 0 atom stereocenters. The standard InChI is InChI=1S/C18H15Cl2N3O3/c1-3-23-14-6-4-10(19)8-12(14)17(24)16(22-23)18(25)21-13-9-11(20)5-7-15(13)26-2/h4-9H,3H2,1-2H3,(H,21,25). The maximum atomic E-state index is 12.7. The SMILES string of the molecule is CCn1nc(C(=O)Nc2cc(Cl)ccc2OC)c(=O)c2cc(Cl)ccc21. The number of aromatic nitrogens is 2. The Morgan fingerprint density at radius 3 is 2.58 bits per heavy atom. The first-order valence-corrected chi connectivity index (χ1v) is 8.55. The first kappa shape index (κ1) is 18.2. The quantitative estimate of drug-likeness (QED) is 0.729. The third kappa shape index (κ3) is 3.38. The predicted molar refractivity (Wildman–Crippen MR) is 103 cm³/mol. The molecule has 0 saturated carbocycles. The third-order valence-electron chi connectivity index (χ3n) is 3.84. The number of halogens is 2. The molecule has 0 unspecified atom stereocenters. The van der Waals surface area contributed by atoms with Crippen LogP contribution >= 0.6 is 23.2 Å². The number of nitrogens with one attached hydrogen (secondary N) is 1. The smallest absolute Gasteiger partial charge is 0.280 e. The molecule has 134 valence electrons. The minimum absolute atomic E-state index is 0.233. The van der Waals surface area contributed by atoms with Gasteiger partial charge in [-0.25, -0.2) is 0 Å². The van der Waals surface area contributed by atoms with Gasteiger partial charge in [-0.1, -0.05) is 23.2 Å². The number of carbonyl (C=O) groups is 1. The van der Waals surface area contributed by atoms with Crippen LogP contribution < -0.4 is 15.5 Å². The maximum absolute atomic E-state index is 12.7. The zero-order valence-corrected chi connectivity index (χ0v) is 15.6. The van der Waals surface area contributed by atoms with Gasteiger partial charge in [0, 0.05) is 16.6 Å². The van der Waals surface area contributed by atoms with Gasteiger partial charge in [0.2, 0.25) is 5.43 Å². The number of carbonyl (C=O) groups excluding carboxylic acids is 1. The molecule has 6 nitrogen and oxygen atoms in total. The molecule has 1 aromatic heterocycles. The van der Waals surface area contributed by atoms with Gasteiger partial charge >= 0.3 is 0 Å². The molecule has 2 aromatic carbocycles. The Balaban J connectivity index is 2.10. The number of anilines is 1. The molecule has 3 aromatic rings. The molecule has 26 heavy (non-hydrogen) atoms. The molecule has 0 fully saturated rings. The Morgan fingerprint density at radius 2 is 1.88 bits per heavy atom. The van der Waals surface area contributed by atoms with Gasteiger partial charge in [0.05, 0.1) is 23.7 Å². The highest BCUT2D eigenvalue weighted by atomic mass is 35.5. The fourth-order valence-corrected chi connectivity index (χ4v) is 2.96. The second kappa shape index (κ2) is 7.35. The summed E-state index contributed by atoms with van der Waals surface area (Å²) >= 11 is 12.0. The lowest BCUT2D eigenvalue weighted by Crippen LogP contribution is -2.27. The first-order chi connectivity index (χ1) is 12.4. The van der Waals surface area contributed by atoms with E-state index in [0.29, 0.717) is 38.9 Å². The number of rotatable bonds is 4. The highest BCUT2D eigenvalue weighted by Crippen LogP contribution is 2.28. The van der Waals surface area contributed by atoms with E-state index in [0.717, 1.165) is 0 Å². The first-order valence-electron chi connectivity index (χ1n) is 7.80. The lowest BCUT2D eigenvalue weighted by Gasteiger charge is -2.12. The second-order valence-corrected chi connectivity index (χ2v) is 6.33. The highest BCUT2D eigenvalue weighted by Gasteiger charge is 2.19. The highest BCUT2D eigenvalue weighted by molar-refractivity contribution is 6.31. The molecule has 8 heteroatoms. The normalized spacial score (nSPS) is 10.8. The summed E-state index contributed by atoms with van der Waals surface area (Å²) in [6.07, 6.45) is 0. The van der Waals surface area contributed by atoms with Gasteiger partial charge in [0.25, 0.3) is 5.91 Å². The Kier molecular flexibility index (Phi) is 5.15. The Morgan fingerprint density at radius 1 is 1.19 bits per heavy atom. The lowest BCUT2D eigenvalue weighted by molar-refractivity contribution is 0.101. The average Bonchev–Trinajstić information content (AvgIpc) is 2.62. The Bertz CT molecular complexity index is 1060. The van der Waals surface area contributed by atoms with Crippen molar-refractivity contribution in [2.24, 2.45) is 0 Å². The van der Waals surface area contributed by atoms with Gasteiger partial charge in [0.15, 0.2) is 5.69 Å². The summed E-state index contributed by atoms with van der Waals surface area (Å²) < 4.78 is 6.78. The van der Waals surface area contributed by atoms with E-state index in [-0.39, 0.29) is 5.69 Å². The van der Waals surface area contributed by atoms with E-state index in [2.05, 4.69) is 10.4 Å². The molecular weight excluding hydrogens is 377 g/mol. The lowest BCUT2D eigenvalue weighted by atomic mass is 10.2. The molecule has 1 amide bonds. The summed E-state index contributed by atoms with van der Waals surface area (Å²) in [6, 6.07) is 9.70. The Hall–Kier alpha value is -2.57. The number of fused-ring (bicyclic) bond motifs is 1. The monoisotopic (exact) mass is 391 g/mol. The van der Waals surface area contributed by atoms with Crippen molar-refractivity contribution in [1.29, 1.82) is 0 Å². The molecule has 0 aliphatic heterocycles. The molecule has 0 aliphatic rings. The van der Waals surface area contributed by atoms with Crippen molar-refractivity contribution >= 4 is 45.7 Å². The summed E-state index contributed by atoms with van der Waals surface area (Å²) in [5.74, 6) is -0.234. The van der Waals surface area contributed by atoms with Gasteiger partial charge in [-0.3, -0.25) is 14.3 Å². The van der Waals surface area contributed by atoms with Crippen LogP contribution in [0.1, 0.15) is 17.4 Å². The Labute approximate surface area is 159 Å². The van der Waals surface area contributed by atoms with E-state index >= 15 is 0 Å². The summed E-state index contributed by atoms with van der Waals surface area (Å²) in [5, 5.41) is 7.99. The molecular formula is C18H15Cl2N3O3. The molecule has 0 saturated heterocycles.